The Morgan fingerprint density at radius 1 is 1.15 bits per heavy atom. The maximum atomic E-state index is 5.78. The molecule has 26 heavy (non-hydrogen) atoms. The molecular formula is C19H30IN5O. The number of halogens is 1. The molecule has 0 fully saturated rings. The zero-order valence-corrected chi connectivity index (χ0v) is 18.6. The fourth-order valence-electron chi connectivity index (χ4n) is 2.19. The van der Waals surface area contributed by atoms with Gasteiger partial charge in [-0.3, -0.25) is 4.98 Å². The van der Waals surface area contributed by atoms with E-state index in [1.54, 1.807) is 6.20 Å². The lowest BCUT2D eigenvalue weighted by molar-refractivity contribution is 0.383. The Kier molecular flexibility index (Phi) is 9.04. The van der Waals surface area contributed by atoms with Crippen LogP contribution >= 0.6 is 24.0 Å². The topological polar surface area (TPSA) is 75.3 Å². The molecule has 2 rings (SSSR count). The lowest BCUT2D eigenvalue weighted by Gasteiger charge is -2.13. The van der Waals surface area contributed by atoms with Crippen LogP contribution in [0.2, 0.25) is 0 Å². The summed E-state index contributed by atoms with van der Waals surface area (Å²) in [5.41, 5.74) is 2.20. The molecule has 0 atom stereocenters. The van der Waals surface area contributed by atoms with Gasteiger partial charge < -0.3 is 15.1 Å². The molecule has 2 N–H and O–H groups in total. The van der Waals surface area contributed by atoms with Crippen molar-refractivity contribution in [3.8, 4) is 0 Å². The number of hydrogen-bond donors (Lipinski definition) is 2. The summed E-state index contributed by atoms with van der Waals surface area (Å²) >= 11 is 0. The van der Waals surface area contributed by atoms with Gasteiger partial charge in [-0.2, -0.15) is 0 Å². The third-order valence-corrected chi connectivity index (χ3v) is 3.69. The highest BCUT2D eigenvalue weighted by Crippen LogP contribution is 2.22. The second kappa shape index (κ2) is 10.5. The number of rotatable bonds is 6. The molecule has 0 aliphatic carbocycles. The highest BCUT2D eigenvalue weighted by molar-refractivity contribution is 14.0. The molecule has 0 saturated carbocycles. The zero-order valence-electron chi connectivity index (χ0n) is 16.3. The van der Waals surface area contributed by atoms with Gasteiger partial charge in [-0.15, -0.1) is 24.0 Å². The summed E-state index contributed by atoms with van der Waals surface area (Å²) in [7, 11) is 0. The molecule has 0 bridgehead atoms. The lowest BCUT2D eigenvalue weighted by atomic mass is 9.94. The first kappa shape index (κ1) is 22.4. The minimum absolute atomic E-state index is 0. The minimum atomic E-state index is -0.0419. The number of hydrogen-bond acceptors (Lipinski definition) is 4. The van der Waals surface area contributed by atoms with Crippen molar-refractivity contribution >= 4 is 29.9 Å². The number of nitrogens with one attached hydrogen (secondary N) is 2. The Labute approximate surface area is 173 Å². The van der Waals surface area contributed by atoms with Crippen molar-refractivity contribution in [3.63, 3.8) is 0 Å². The van der Waals surface area contributed by atoms with Crippen molar-refractivity contribution in [1.29, 1.82) is 0 Å². The van der Waals surface area contributed by atoms with Gasteiger partial charge in [-0.05, 0) is 31.9 Å². The van der Waals surface area contributed by atoms with Crippen LogP contribution in [-0.4, -0.2) is 29.0 Å². The molecule has 0 spiro atoms. The number of aryl methyl sites for hydroxylation is 1. The van der Waals surface area contributed by atoms with Crippen molar-refractivity contribution in [3.05, 3.63) is 47.4 Å². The average molecular weight is 471 g/mol. The van der Waals surface area contributed by atoms with Crippen LogP contribution in [0.15, 0.2) is 33.9 Å². The van der Waals surface area contributed by atoms with E-state index in [-0.39, 0.29) is 29.4 Å². The molecule has 144 valence electrons. The van der Waals surface area contributed by atoms with Crippen LogP contribution in [0.5, 0.6) is 0 Å². The summed E-state index contributed by atoms with van der Waals surface area (Å²) in [5.74, 6) is 2.27. The highest BCUT2D eigenvalue weighted by Gasteiger charge is 2.18. The normalized spacial score (nSPS) is 11.8. The van der Waals surface area contributed by atoms with Crippen LogP contribution in [0.3, 0.4) is 0 Å². The minimum Gasteiger partial charge on any atom is -0.443 e. The molecule has 0 unspecified atom stereocenters. The molecular weight excluding hydrogens is 441 g/mol. The van der Waals surface area contributed by atoms with Crippen LogP contribution in [0.4, 0.5) is 0 Å². The van der Waals surface area contributed by atoms with E-state index in [2.05, 4.69) is 52.4 Å². The van der Waals surface area contributed by atoms with Gasteiger partial charge >= 0.3 is 0 Å². The third kappa shape index (κ3) is 7.31. The molecule has 6 nitrogen and oxygen atoms in total. The van der Waals surface area contributed by atoms with Gasteiger partial charge in [-0.1, -0.05) is 26.8 Å². The molecule has 7 heteroatoms. The molecule has 2 aromatic rings. The molecule has 0 aliphatic rings. The SMILES string of the molecule is CCNC(=NCc1ncc(C(C)(C)C)o1)NCCc1ccc(C)nc1.I. The van der Waals surface area contributed by atoms with Crippen molar-refractivity contribution in [2.24, 2.45) is 4.99 Å². The molecule has 2 aromatic heterocycles. The summed E-state index contributed by atoms with van der Waals surface area (Å²) in [4.78, 5) is 13.2. The van der Waals surface area contributed by atoms with Crippen LogP contribution in [0.1, 0.15) is 50.6 Å². The maximum Gasteiger partial charge on any atom is 0.216 e. The quantitative estimate of drug-likeness (QED) is 0.383. The van der Waals surface area contributed by atoms with Crippen molar-refractivity contribution in [1.82, 2.24) is 20.6 Å². The van der Waals surface area contributed by atoms with Gasteiger partial charge in [0.1, 0.15) is 12.3 Å². The molecule has 0 aromatic carbocycles. The van der Waals surface area contributed by atoms with Gasteiger partial charge in [0.05, 0.1) is 6.20 Å². The Morgan fingerprint density at radius 2 is 1.92 bits per heavy atom. The van der Waals surface area contributed by atoms with Gasteiger partial charge in [-0.25, -0.2) is 9.98 Å². The summed E-state index contributed by atoms with van der Waals surface area (Å²) in [6, 6.07) is 4.14. The zero-order chi connectivity index (χ0) is 18.3. The molecule has 0 saturated heterocycles. The Balaban J connectivity index is 0.00000338. The largest absolute Gasteiger partial charge is 0.443 e. The van der Waals surface area contributed by atoms with E-state index < -0.39 is 0 Å². The number of aliphatic imine (C=N–C) groups is 1. The highest BCUT2D eigenvalue weighted by atomic mass is 127. The van der Waals surface area contributed by atoms with Crippen molar-refractivity contribution in [2.75, 3.05) is 13.1 Å². The van der Waals surface area contributed by atoms with Gasteiger partial charge in [0, 0.05) is 30.4 Å². The number of guanidine groups is 1. The summed E-state index contributed by atoms with van der Waals surface area (Å²) < 4.78 is 5.78. The Hall–Kier alpha value is -1.64. The smallest absolute Gasteiger partial charge is 0.216 e. The van der Waals surface area contributed by atoms with Crippen LogP contribution in [0.25, 0.3) is 0 Å². The number of aromatic nitrogens is 2. The molecule has 0 amide bonds. The summed E-state index contributed by atoms with van der Waals surface area (Å²) in [6.07, 6.45) is 4.60. The first-order chi connectivity index (χ1) is 11.9. The van der Waals surface area contributed by atoms with Crippen LogP contribution in [0, 0.1) is 6.92 Å². The second-order valence-electron chi connectivity index (χ2n) is 7.05. The number of oxazole rings is 1. The van der Waals surface area contributed by atoms with Crippen LogP contribution < -0.4 is 10.6 Å². The molecule has 0 aliphatic heterocycles. The number of pyridine rings is 1. The first-order valence-electron chi connectivity index (χ1n) is 8.77. The molecule has 2 heterocycles. The van der Waals surface area contributed by atoms with E-state index in [1.807, 2.05) is 26.1 Å². The summed E-state index contributed by atoms with van der Waals surface area (Å²) in [5, 5.41) is 6.57. The van der Waals surface area contributed by atoms with Crippen molar-refractivity contribution < 1.29 is 4.42 Å². The Morgan fingerprint density at radius 3 is 2.50 bits per heavy atom. The van der Waals surface area contributed by atoms with E-state index in [0.29, 0.717) is 12.4 Å². The number of nitrogens with zero attached hydrogens (tertiary/aromatic N) is 3. The standard InChI is InChI=1S/C19H29N5O.HI/c1-6-20-18(21-10-9-15-8-7-14(2)22-11-15)24-13-17-23-12-16(25-17)19(3,4)5;/h7-8,11-12H,6,9-10,13H2,1-5H3,(H2,20,21,24);1H. The first-order valence-corrected chi connectivity index (χ1v) is 8.77. The Bertz CT molecular complexity index is 689. The predicted molar refractivity (Wildman–Crippen MR) is 116 cm³/mol. The fraction of sp³-hybridized carbons (Fsp3) is 0.526. The van der Waals surface area contributed by atoms with Crippen molar-refractivity contribution in [2.45, 2.75) is 53.0 Å². The molecule has 0 radical (unpaired) electrons. The lowest BCUT2D eigenvalue weighted by Crippen LogP contribution is -2.38. The maximum absolute atomic E-state index is 5.78. The predicted octanol–water partition coefficient (Wildman–Crippen LogP) is 3.59. The van der Waals surface area contributed by atoms with Gasteiger partial charge in [0.15, 0.2) is 5.96 Å². The van der Waals surface area contributed by atoms with Gasteiger partial charge in [0.25, 0.3) is 0 Å². The summed E-state index contributed by atoms with van der Waals surface area (Å²) in [6.45, 7) is 12.4. The van der Waals surface area contributed by atoms with E-state index >= 15 is 0 Å². The third-order valence-electron chi connectivity index (χ3n) is 3.69. The van der Waals surface area contributed by atoms with E-state index in [1.165, 1.54) is 5.56 Å². The van der Waals surface area contributed by atoms with E-state index in [9.17, 15) is 0 Å². The average Bonchev–Trinajstić information content (AvgIpc) is 3.04. The van der Waals surface area contributed by atoms with E-state index in [4.69, 9.17) is 4.42 Å². The van der Waals surface area contributed by atoms with Gasteiger partial charge in [0.2, 0.25) is 5.89 Å². The monoisotopic (exact) mass is 471 g/mol. The van der Waals surface area contributed by atoms with Crippen LogP contribution in [-0.2, 0) is 18.4 Å². The second-order valence-corrected chi connectivity index (χ2v) is 7.05. The van der Waals surface area contributed by atoms with E-state index in [0.717, 1.165) is 36.9 Å². The fourth-order valence-corrected chi connectivity index (χ4v) is 2.19.